The number of unbranched alkanes of at least 4 members (excludes halogenated alkanes) is 1. The second-order valence-corrected chi connectivity index (χ2v) is 5.56. The summed E-state index contributed by atoms with van der Waals surface area (Å²) in [5, 5.41) is 2.12. The lowest BCUT2D eigenvalue weighted by molar-refractivity contribution is -0.144. The van der Waals surface area contributed by atoms with Gasteiger partial charge in [0.1, 0.15) is 6.04 Å². The molecule has 0 saturated heterocycles. The van der Waals surface area contributed by atoms with Crippen molar-refractivity contribution in [2.75, 3.05) is 7.11 Å². The van der Waals surface area contributed by atoms with Crippen molar-refractivity contribution >= 4 is 11.9 Å². The average molecular weight is 397 g/mol. The molecule has 0 aliphatic carbocycles. The van der Waals surface area contributed by atoms with Gasteiger partial charge in [0.25, 0.3) is 5.91 Å². The Hall–Kier alpha value is -2.52. The van der Waals surface area contributed by atoms with Crippen LogP contribution in [0.3, 0.4) is 0 Å². The van der Waals surface area contributed by atoms with E-state index in [4.69, 9.17) is 0 Å². The number of rotatable bonds is 7. The number of nitrogens with one attached hydrogen (secondary N) is 1. The van der Waals surface area contributed by atoms with Crippen molar-refractivity contribution in [1.29, 1.82) is 0 Å². The highest BCUT2D eigenvalue weighted by atomic mass is 19.4. The molecule has 0 fully saturated rings. The molecule has 0 unspecified atom stereocenters. The van der Waals surface area contributed by atoms with Gasteiger partial charge in [0.2, 0.25) is 0 Å². The number of hydrogen-bond donors (Lipinski definition) is 1. The molecule has 4 nitrogen and oxygen atoms in total. The van der Waals surface area contributed by atoms with Crippen molar-refractivity contribution in [2.24, 2.45) is 0 Å². The molecule has 0 aliphatic heterocycles. The van der Waals surface area contributed by atoms with Crippen LogP contribution in [-0.2, 0) is 21.9 Å². The fourth-order valence-electron chi connectivity index (χ4n) is 2.19. The van der Waals surface area contributed by atoms with E-state index < -0.39 is 47.0 Å². The molecule has 0 heterocycles. The first kappa shape index (κ1) is 22.5. The van der Waals surface area contributed by atoms with Gasteiger partial charge in [0.15, 0.2) is 0 Å². The Kier molecular flexibility index (Phi) is 7.44. The Morgan fingerprint density at radius 2 is 1.63 bits per heavy atom. The zero-order valence-electron chi connectivity index (χ0n) is 14.2. The monoisotopic (exact) mass is 397 g/mol. The van der Waals surface area contributed by atoms with Gasteiger partial charge in [0, 0.05) is 5.56 Å². The Labute approximate surface area is 151 Å². The summed E-state index contributed by atoms with van der Waals surface area (Å²) in [6.07, 6.45) is -7.64. The summed E-state index contributed by atoms with van der Waals surface area (Å²) >= 11 is 0. The van der Waals surface area contributed by atoms with Gasteiger partial charge >= 0.3 is 18.3 Å². The standard InChI is InChI=1S/C17H17F6NO3/c1-3-4-5-6-13(15(26)27-2)24-14(25)10-7-11(16(18,19)20)9-12(8-10)17(21,22)23/h3,7-9,13H,1,4-6H2,2H3,(H,24,25)/t13-/m1/s1. The van der Waals surface area contributed by atoms with Crippen LogP contribution >= 0.6 is 0 Å². The molecule has 0 radical (unpaired) electrons. The molecule has 0 saturated carbocycles. The van der Waals surface area contributed by atoms with E-state index in [0.29, 0.717) is 25.0 Å². The van der Waals surface area contributed by atoms with Crippen LogP contribution in [0, 0.1) is 0 Å². The van der Waals surface area contributed by atoms with Crippen LogP contribution < -0.4 is 5.32 Å². The maximum absolute atomic E-state index is 12.9. The molecule has 0 bridgehead atoms. The zero-order valence-corrected chi connectivity index (χ0v) is 14.2. The second-order valence-electron chi connectivity index (χ2n) is 5.56. The number of hydrogen-bond acceptors (Lipinski definition) is 3. The average Bonchev–Trinajstić information content (AvgIpc) is 2.58. The van der Waals surface area contributed by atoms with Gasteiger partial charge in [-0.1, -0.05) is 6.08 Å². The third-order valence-corrected chi connectivity index (χ3v) is 3.54. The van der Waals surface area contributed by atoms with Gasteiger partial charge in [-0.15, -0.1) is 6.58 Å². The highest BCUT2D eigenvalue weighted by Gasteiger charge is 2.37. The summed E-state index contributed by atoms with van der Waals surface area (Å²) in [5.74, 6) is -2.11. The lowest BCUT2D eigenvalue weighted by atomic mass is 10.0. The van der Waals surface area contributed by atoms with Crippen molar-refractivity contribution in [3.05, 3.63) is 47.5 Å². The molecule has 1 rings (SSSR count). The van der Waals surface area contributed by atoms with Gasteiger partial charge in [0.05, 0.1) is 18.2 Å². The topological polar surface area (TPSA) is 55.4 Å². The normalized spacial score (nSPS) is 13.0. The molecular formula is C17H17F6NO3. The molecule has 0 spiro atoms. The van der Waals surface area contributed by atoms with Gasteiger partial charge in [-0.05, 0) is 37.5 Å². The Balaban J connectivity index is 3.19. The summed E-state index contributed by atoms with van der Waals surface area (Å²) < 4.78 is 81.7. The van der Waals surface area contributed by atoms with Gasteiger partial charge in [-0.2, -0.15) is 26.3 Å². The number of amides is 1. The van der Waals surface area contributed by atoms with E-state index in [0.717, 1.165) is 7.11 Å². The summed E-state index contributed by atoms with van der Waals surface area (Å²) in [6, 6.07) is -0.712. The first-order valence-electron chi connectivity index (χ1n) is 7.69. The SMILES string of the molecule is C=CCCC[C@@H](NC(=O)c1cc(C(F)(F)F)cc(C(F)(F)F)c1)C(=O)OC. The van der Waals surface area contributed by atoms with Crippen molar-refractivity contribution in [3.63, 3.8) is 0 Å². The maximum Gasteiger partial charge on any atom is 0.416 e. The number of methoxy groups -OCH3 is 1. The maximum atomic E-state index is 12.9. The van der Waals surface area contributed by atoms with Crippen molar-refractivity contribution < 1.29 is 40.7 Å². The number of alkyl halides is 6. The number of benzene rings is 1. The Morgan fingerprint density at radius 3 is 2.04 bits per heavy atom. The van der Waals surface area contributed by atoms with Crippen LogP contribution in [0.4, 0.5) is 26.3 Å². The minimum Gasteiger partial charge on any atom is -0.467 e. The van der Waals surface area contributed by atoms with E-state index in [-0.39, 0.29) is 12.5 Å². The summed E-state index contributed by atoms with van der Waals surface area (Å²) in [6.45, 7) is 3.48. The first-order chi connectivity index (χ1) is 12.4. The number of ether oxygens (including phenoxy) is 1. The molecule has 27 heavy (non-hydrogen) atoms. The van der Waals surface area contributed by atoms with Crippen LogP contribution in [0.2, 0.25) is 0 Å². The summed E-state index contributed by atoms with van der Waals surface area (Å²) in [7, 11) is 1.04. The van der Waals surface area contributed by atoms with Crippen LogP contribution in [-0.4, -0.2) is 25.0 Å². The Bertz CT molecular complexity index is 665. The molecule has 1 N–H and O–H groups in total. The molecule has 1 aromatic carbocycles. The number of esters is 1. The van der Waals surface area contributed by atoms with Crippen LogP contribution in [0.15, 0.2) is 30.9 Å². The largest absolute Gasteiger partial charge is 0.467 e. The van der Waals surface area contributed by atoms with Crippen LogP contribution in [0.5, 0.6) is 0 Å². The predicted octanol–water partition coefficient (Wildman–Crippen LogP) is 4.35. The molecule has 0 aromatic heterocycles. The molecule has 0 aliphatic rings. The van der Waals surface area contributed by atoms with Crippen molar-refractivity contribution in [3.8, 4) is 0 Å². The molecular weight excluding hydrogens is 380 g/mol. The zero-order chi connectivity index (χ0) is 20.8. The smallest absolute Gasteiger partial charge is 0.416 e. The van der Waals surface area contributed by atoms with Crippen LogP contribution in [0.1, 0.15) is 40.7 Å². The minimum atomic E-state index is -5.08. The summed E-state index contributed by atoms with van der Waals surface area (Å²) in [4.78, 5) is 23.9. The number of carbonyl (C=O) groups excluding carboxylic acids is 2. The molecule has 1 amide bonds. The highest BCUT2D eigenvalue weighted by Crippen LogP contribution is 2.36. The van der Waals surface area contributed by atoms with Gasteiger partial charge in [-0.3, -0.25) is 4.79 Å². The van der Waals surface area contributed by atoms with Gasteiger partial charge in [-0.25, -0.2) is 4.79 Å². The van der Waals surface area contributed by atoms with Crippen molar-refractivity contribution in [2.45, 2.75) is 37.7 Å². The van der Waals surface area contributed by atoms with E-state index >= 15 is 0 Å². The predicted molar refractivity (Wildman–Crippen MR) is 83.8 cm³/mol. The second kappa shape index (κ2) is 8.92. The molecule has 1 atom stereocenters. The minimum absolute atomic E-state index is 0.0789. The molecule has 1 aromatic rings. The first-order valence-corrected chi connectivity index (χ1v) is 7.69. The van der Waals surface area contributed by atoms with Crippen LogP contribution in [0.25, 0.3) is 0 Å². The lowest BCUT2D eigenvalue weighted by Crippen LogP contribution is -2.41. The fraction of sp³-hybridized carbons (Fsp3) is 0.412. The molecule has 10 heteroatoms. The van der Waals surface area contributed by atoms with Gasteiger partial charge < -0.3 is 10.1 Å². The number of allylic oxidation sites excluding steroid dienone is 1. The van der Waals surface area contributed by atoms with E-state index in [2.05, 4.69) is 16.6 Å². The lowest BCUT2D eigenvalue weighted by Gasteiger charge is -2.18. The van der Waals surface area contributed by atoms with E-state index in [1.807, 2.05) is 0 Å². The molecule has 150 valence electrons. The number of carbonyl (C=O) groups is 2. The highest BCUT2D eigenvalue weighted by molar-refractivity contribution is 5.97. The van der Waals surface area contributed by atoms with E-state index in [1.165, 1.54) is 0 Å². The fourth-order valence-corrected chi connectivity index (χ4v) is 2.19. The van der Waals surface area contributed by atoms with Crippen molar-refractivity contribution in [1.82, 2.24) is 5.32 Å². The van der Waals surface area contributed by atoms with E-state index in [1.54, 1.807) is 6.08 Å². The summed E-state index contributed by atoms with van der Waals surface area (Å²) in [5.41, 5.74) is -4.11. The Morgan fingerprint density at radius 1 is 1.11 bits per heavy atom. The quantitative estimate of drug-likeness (QED) is 0.322. The third-order valence-electron chi connectivity index (χ3n) is 3.54. The number of halogens is 6. The third kappa shape index (κ3) is 6.61. The van der Waals surface area contributed by atoms with E-state index in [9.17, 15) is 35.9 Å².